The Balaban J connectivity index is 2.24. The molecule has 0 fully saturated rings. The third-order valence-corrected chi connectivity index (χ3v) is 2.25. The van der Waals surface area contributed by atoms with Crippen molar-refractivity contribution < 1.29 is 9.90 Å². The predicted molar refractivity (Wildman–Crippen MR) is 51.9 cm³/mol. The van der Waals surface area contributed by atoms with Crippen LogP contribution >= 0.6 is 0 Å². The molecule has 1 N–H and O–H groups in total. The summed E-state index contributed by atoms with van der Waals surface area (Å²) in [5, 5.41) is 19.7. The van der Waals surface area contributed by atoms with E-state index in [4.69, 9.17) is 5.11 Å². The molecule has 76 valence electrons. The second-order valence-electron chi connectivity index (χ2n) is 3.97. The maximum absolute atomic E-state index is 10.8. The van der Waals surface area contributed by atoms with Crippen molar-refractivity contribution >= 4 is 12.2 Å². The molecule has 0 aromatic rings. The zero-order valence-electron chi connectivity index (χ0n) is 8.40. The van der Waals surface area contributed by atoms with Gasteiger partial charge in [0.05, 0.1) is 10.5 Å². The van der Waals surface area contributed by atoms with E-state index < -0.39 is 11.4 Å². The highest BCUT2D eigenvalue weighted by Gasteiger charge is 2.29. The van der Waals surface area contributed by atoms with Crippen LogP contribution in [0.25, 0.3) is 0 Å². The average molecular weight is 196 g/mol. The number of hydrogen-bond donors (Lipinski definition) is 1. The molecule has 0 saturated carbocycles. The van der Waals surface area contributed by atoms with Gasteiger partial charge in [0.1, 0.15) is 6.42 Å². The average Bonchev–Trinajstić information content (AvgIpc) is 2.56. The van der Waals surface area contributed by atoms with Gasteiger partial charge in [-0.3, -0.25) is 4.79 Å². The number of nitrogens with zero attached hydrogens (tertiary/aromatic N) is 3. The third-order valence-electron chi connectivity index (χ3n) is 2.25. The van der Waals surface area contributed by atoms with E-state index in [2.05, 4.69) is 15.4 Å². The Bertz CT molecular complexity index is 259. The molecule has 0 aromatic carbocycles. The summed E-state index contributed by atoms with van der Waals surface area (Å²) in [6, 6.07) is 0.825. The number of hydrogen-bond acceptors (Lipinski definition) is 4. The molecule has 14 heavy (non-hydrogen) atoms. The monoisotopic (exact) mass is 196 g/mol. The first kappa shape index (κ1) is 10.7. The van der Waals surface area contributed by atoms with E-state index in [9.17, 15) is 4.79 Å². The zero-order chi connectivity index (χ0) is 10.6. The minimum Gasteiger partial charge on any atom is -0.481 e. The Morgan fingerprint density at radius 3 is 2.79 bits per heavy atom. The summed E-state index contributed by atoms with van der Waals surface area (Å²) in [4.78, 5) is 10.8. The molecule has 0 atom stereocenters. The van der Waals surface area contributed by atoms with Gasteiger partial charge in [-0.15, -0.1) is 0 Å². The van der Waals surface area contributed by atoms with Crippen LogP contribution in [0, 0.1) is 11.5 Å². The lowest BCUT2D eigenvalue weighted by Crippen LogP contribution is -2.23. The van der Waals surface area contributed by atoms with E-state index in [1.54, 1.807) is 20.1 Å². The summed E-state index contributed by atoms with van der Waals surface area (Å²) in [6.45, 7) is 3.45. The van der Waals surface area contributed by atoms with Gasteiger partial charge in [-0.05, 0) is 26.7 Å². The van der Waals surface area contributed by atoms with Crippen LogP contribution in [0.2, 0.25) is 0 Å². The summed E-state index contributed by atoms with van der Waals surface area (Å²) in [7, 11) is 0. The molecular weight excluding hydrogens is 182 g/mol. The maximum atomic E-state index is 10.8. The number of carboxylic acid groups (broad SMARTS) is 1. The van der Waals surface area contributed by atoms with Crippen molar-refractivity contribution in [1.82, 2.24) is 0 Å². The normalized spacial score (nSPS) is 15.1. The molecule has 1 aliphatic rings. The zero-order valence-corrected chi connectivity index (χ0v) is 8.40. The van der Waals surface area contributed by atoms with Gasteiger partial charge in [-0.25, -0.2) is 0 Å². The number of rotatable bonds is 5. The number of aliphatic carboxylic acids is 1. The third kappa shape index (κ3) is 2.83. The standard InChI is InChI=1S/C9H13N3O2/c1-9(2,8(13)14)5-3-4-7-6-10-12-11-7/h6H,3-5H2,1-2H3/p+1. The molecule has 1 rings (SSSR count). The lowest BCUT2D eigenvalue weighted by Gasteiger charge is -2.17. The first-order valence-corrected chi connectivity index (χ1v) is 4.56. The van der Waals surface area contributed by atoms with E-state index in [0.717, 1.165) is 18.9 Å². The number of carbonyl (C=O) groups is 1. The fraction of sp³-hybridized carbons (Fsp3) is 0.667. The lowest BCUT2D eigenvalue weighted by atomic mass is 9.87. The minimum atomic E-state index is -0.760. The number of carboxylic acids is 1. The molecule has 0 saturated heterocycles. The molecule has 0 radical (unpaired) electrons. The molecule has 0 unspecified atom stereocenters. The van der Waals surface area contributed by atoms with Gasteiger partial charge in [0, 0.05) is 5.22 Å². The maximum Gasteiger partial charge on any atom is 0.309 e. The SMILES string of the molecule is CC(C)(CCC[C+]1C=NN=N1)C(=O)O. The molecular formula is C9H14N3O2+. The minimum absolute atomic E-state index is 0.634. The summed E-state index contributed by atoms with van der Waals surface area (Å²) >= 11 is 0. The second kappa shape index (κ2) is 4.21. The van der Waals surface area contributed by atoms with Crippen LogP contribution < -0.4 is 0 Å². The fourth-order valence-corrected chi connectivity index (χ4v) is 1.13. The molecule has 1 heterocycles. The molecule has 1 aliphatic heterocycles. The Morgan fingerprint density at radius 1 is 1.57 bits per heavy atom. The van der Waals surface area contributed by atoms with Crippen molar-refractivity contribution in [2.45, 2.75) is 33.1 Å². The van der Waals surface area contributed by atoms with Crippen molar-refractivity contribution in [2.24, 2.45) is 20.9 Å². The molecule has 0 aliphatic carbocycles. The van der Waals surface area contributed by atoms with Crippen LogP contribution in [0.5, 0.6) is 0 Å². The van der Waals surface area contributed by atoms with Crippen LogP contribution in [-0.2, 0) is 4.79 Å². The first-order chi connectivity index (χ1) is 6.52. The van der Waals surface area contributed by atoms with E-state index in [0.29, 0.717) is 6.42 Å². The van der Waals surface area contributed by atoms with Crippen LogP contribution in [0.3, 0.4) is 0 Å². The van der Waals surface area contributed by atoms with Gasteiger partial charge in [0.2, 0.25) is 6.21 Å². The first-order valence-electron chi connectivity index (χ1n) is 4.56. The highest BCUT2D eigenvalue weighted by molar-refractivity contribution is 5.75. The van der Waals surface area contributed by atoms with Crippen molar-refractivity contribution in [3.05, 3.63) is 6.04 Å². The fourth-order valence-electron chi connectivity index (χ4n) is 1.13. The quantitative estimate of drug-likeness (QED) is 0.685. The Labute approximate surface area is 82.9 Å². The van der Waals surface area contributed by atoms with Gasteiger partial charge in [-0.1, -0.05) is 5.10 Å². The van der Waals surface area contributed by atoms with Crippen LogP contribution in [0.4, 0.5) is 0 Å². The summed E-state index contributed by atoms with van der Waals surface area (Å²) in [5.41, 5.74) is -0.659. The van der Waals surface area contributed by atoms with Crippen LogP contribution in [-0.4, -0.2) is 17.3 Å². The molecule has 5 heteroatoms. The molecule has 0 aromatic heterocycles. The van der Waals surface area contributed by atoms with Crippen LogP contribution in [0.1, 0.15) is 33.1 Å². The smallest absolute Gasteiger partial charge is 0.309 e. The van der Waals surface area contributed by atoms with Gasteiger partial charge < -0.3 is 5.11 Å². The van der Waals surface area contributed by atoms with Gasteiger partial charge in [0.15, 0.2) is 0 Å². The van der Waals surface area contributed by atoms with Crippen molar-refractivity contribution in [3.8, 4) is 0 Å². The van der Waals surface area contributed by atoms with Gasteiger partial charge >= 0.3 is 5.97 Å². The highest BCUT2D eigenvalue weighted by atomic mass is 16.4. The predicted octanol–water partition coefficient (Wildman–Crippen LogP) is 2.25. The van der Waals surface area contributed by atoms with Crippen LogP contribution in [0.15, 0.2) is 15.4 Å². The highest BCUT2D eigenvalue weighted by Crippen LogP contribution is 2.25. The second-order valence-corrected chi connectivity index (χ2v) is 3.97. The molecule has 5 nitrogen and oxygen atoms in total. The van der Waals surface area contributed by atoms with Crippen molar-refractivity contribution in [3.63, 3.8) is 0 Å². The Kier molecular flexibility index (Phi) is 3.22. The van der Waals surface area contributed by atoms with Gasteiger partial charge in [0.25, 0.3) is 6.04 Å². The largest absolute Gasteiger partial charge is 0.481 e. The van der Waals surface area contributed by atoms with Gasteiger partial charge in [-0.2, -0.15) is 0 Å². The molecule has 0 amide bonds. The Hall–Kier alpha value is -1.39. The summed E-state index contributed by atoms with van der Waals surface area (Å²) in [6.07, 6.45) is 3.77. The summed E-state index contributed by atoms with van der Waals surface area (Å²) in [5.74, 6) is -0.760. The van der Waals surface area contributed by atoms with E-state index in [-0.39, 0.29) is 0 Å². The van der Waals surface area contributed by atoms with Crippen molar-refractivity contribution in [1.29, 1.82) is 0 Å². The van der Waals surface area contributed by atoms with Crippen molar-refractivity contribution in [2.75, 3.05) is 0 Å². The van der Waals surface area contributed by atoms with E-state index in [1.807, 2.05) is 0 Å². The lowest BCUT2D eigenvalue weighted by molar-refractivity contribution is -0.147. The van der Waals surface area contributed by atoms with E-state index in [1.165, 1.54) is 0 Å². The summed E-state index contributed by atoms with van der Waals surface area (Å²) < 4.78 is 0. The van der Waals surface area contributed by atoms with E-state index >= 15 is 0 Å². The molecule has 0 bridgehead atoms. The topological polar surface area (TPSA) is 74.4 Å². The molecule has 0 spiro atoms. The Morgan fingerprint density at radius 2 is 2.29 bits per heavy atom.